The van der Waals surface area contributed by atoms with Crippen LogP contribution in [0.25, 0.3) is 0 Å². The first kappa shape index (κ1) is 35.4. The van der Waals surface area contributed by atoms with E-state index < -0.39 is 0 Å². The second-order valence-electron chi connectivity index (χ2n) is 16.0. The molecule has 6 unspecified atom stereocenters. The Hall–Kier alpha value is -1.84. The van der Waals surface area contributed by atoms with Gasteiger partial charge in [-0.3, -0.25) is 0 Å². The maximum Gasteiger partial charge on any atom is 0.120 e. The molecule has 0 aromatic heterocycles. The number of hydrogen-bond donors (Lipinski definition) is 0. The summed E-state index contributed by atoms with van der Waals surface area (Å²) in [6.45, 7) is 27.4. The normalized spacial score (nSPS) is 34.1. The van der Waals surface area contributed by atoms with E-state index in [4.69, 9.17) is 0 Å². The van der Waals surface area contributed by atoms with Crippen LogP contribution in [0.1, 0.15) is 146 Å². The van der Waals surface area contributed by atoms with Crippen LogP contribution in [0.2, 0.25) is 0 Å². The number of allylic oxidation sites excluding steroid dienone is 6. The van der Waals surface area contributed by atoms with Crippen LogP contribution < -0.4 is 0 Å². The molecule has 0 aliphatic heterocycles. The van der Waals surface area contributed by atoms with Gasteiger partial charge in [-0.25, -0.2) is 4.79 Å². The zero-order valence-electron chi connectivity index (χ0n) is 28.6. The number of hydrogen-bond acceptors (Lipinski definition) is 2. The predicted molar refractivity (Wildman–Crippen MR) is 177 cm³/mol. The number of carbonyl (C=O) groups excluding carboxylic acids is 1. The highest BCUT2D eigenvalue weighted by molar-refractivity contribution is 5.48. The lowest BCUT2D eigenvalue weighted by Gasteiger charge is -2.60. The molecule has 0 amide bonds. The molecule has 0 radical (unpaired) electrons. The molecular weight excluding hydrogens is 498 g/mol. The van der Waals surface area contributed by atoms with Gasteiger partial charge in [-0.05, 0) is 104 Å². The first-order valence-electron chi connectivity index (χ1n) is 16.8. The van der Waals surface area contributed by atoms with E-state index in [0.717, 1.165) is 18.4 Å². The Morgan fingerprint density at radius 1 is 1.07 bits per heavy atom. The largest absolute Gasteiger partial charge is 0.234 e. The van der Waals surface area contributed by atoms with Crippen molar-refractivity contribution in [3.8, 4) is 6.07 Å². The first-order valence-corrected chi connectivity index (χ1v) is 16.8. The average Bonchev–Trinajstić information content (AvgIpc) is 2.88. The van der Waals surface area contributed by atoms with Crippen LogP contribution in [-0.4, -0.2) is 5.94 Å². The molecular formula is C39H63NO. The Morgan fingerprint density at radius 3 is 2.29 bits per heavy atom. The Labute approximate surface area is 254 Å². The zero-order chi connectivity index (χ0) is 31.1. The smallest absolute Gasteiger partial charge is 0.120 e. The molecule has 2 aliphatic carbocycles. The molecule has 0 aromatic rings. The van der Waals surface area contributed by atoms with E-state index >= 15 is 0 Å². The molecule has 6 atom stereocenters. The molecule has 41 heavy (non-hydrogen) atoms. The van der Waals surface area contributed by atoms with Gasteiger partial charge in [0.05, 0.1) is 6.07 Å². The van der Waals surface area contributed by atoms with Crippen molar-refractivity contribution in [2.24, 2.45) is 44.8 Å². The molecule has 2 fully saturated rings. The third-order valence-corrected chi connectivity index (χ3v) is 11.7. The van der Waals surface area contributed by atoms with E-state index in [1.54, 1.807) is 6.08 Å². The van der Waals surface area contributed by atoms with Crippen molar-refractivity contribution in [2.45, 2.75) is 146 Å². The summed E-state index contributed by atoms with van der Waals surface area (Å²) in [7, 11) is 0. The van der Waals surface area contributed by atoms with E-state index in [0.29, 0.717) is 22.7 Å². The summed E-state index contributed by atoms with van der Waals surface area (Å²) in [6.07, 6.45) is 23.4. The maximum absolute atomic E-state index is 11.6. The predicted octanol–water partition coefficient (Wildman–Crippen LogP) is 11.6. The van der Waals surface area contributed by atoms with Gasteiger partial charge in [0.2, 0.25) is 0 Å². The zero-order valence-corrected chi connectivity index (χ0v) is 28.6. The van der Waals surface area contributed by atoms with Gasteiger partial charge in [0, 0.05) is 17.1 Å². The summed E-state index contributed by atoms with van der Waals surface area (Å²) >= 11 is 0. The molecule has 0 bridgehead atoms. The van der Waals surface area contributed by atoms with Crippen LogP contribution >= 0.6 is 0 Å². The van der Waals surface area contributed by atoms with Gasteiger partial charge in [-0.15, -0.1) is 0 Å². The van der Waals surface area contributed by atoms with Gasteiger partial charge in [-0.2, -0.15) is 5.26 Å². The van der Waals surface area contributed by atoms with Crippen LogP contribution in [0.15, 0.2) is 42.0 Å². The molecule has 2 aliphatic rings. The molecule has 2 rings (SSSR count). The van der Waals surface area contributed by atoms with E-state index in [1.807, 2.05) is 13.0 Å². The minimum Gasteiger partial charge on any atom is -0.234 e. The minimum atomic E-state index is -0.349. The molecule has 0 spiro atoms. The van der Waals surface area contributed by atoms with Gasteiger partial charge in [0.25, 0.3) is 0 Å². The van der Waals surface area contributed by atoms with Crippen molar-refractivity contribution in [1.82, 2.24) is 0 Å². The number of unbranched alkanes of at least 4 members (excludes halogenated alkanes) is 1. The van der Waals surface area contributed by atoms with Crippen LogP contribution in [0.3, 0.4) is 0 Å². The monoisotopic (exact) mass is 561 g/mol. The molecule has 0 aromatic carbocycles. The fraction of sp³-hybridized carbons (Fsp3) is 0.769. The third kappa shape index (κ3) is 7.96. The van der Waals surface area contributed by atoms with Crippen molar-refractivity contribution in [3.05, 3.63) is 42.0 Å². The molecule has 2 heteroatoms. The number of nitrogens with zero attached hydrogens (tertiary/aromatic N) is 1. The van der Waals surface area contributed by atoms with Crippen LogP contribution in [0, 0.1) is 56.2 Å². The molecule has 230 valence electrons. The molecule has 0 heterocycles. The highest BCUT2D eigenvalue weighted by atomic mass is 16.1. The van der Waals surface area contributed by atoms with Crippen LogP contribution in [0.5, 0.6) is 0 Å². The van der Waals surface area contributed by atoms with Gasteiger partial charge in [0.15, 0.2) is 0 Å². The average molecular weight is 562 g/mol. The molecule has 0 N–H and O–H groups in total. The van der Waals surface area contributed by atoms with Gasteiger partial charge in [0.1, 0.15) is 5.94 Å². The lowest BCUT2D eigenvalue weighted by molar-refractivity contribution is -0.0224. The van der Waals surface area contributed by atoms with Crippen LogP contribution in [0.4, 0.5) is 0 Å². The highest BCUT2D eigenvalue weighted by Crippen LogP contribution is 2.65. The molecule has 2 saturated carbocycles. The van der Waals surface area contributed by atoms with Crippen LogP contribution in [-0.2, 0) is 4.79 Å². The Kier molecular flexibility index (Phi) is 12.1. The number of rotatable bonds is 13. The van der Waals surface area contributed by atoms with E-state index in [-0.39, 0.29) is 22.2 Å². The van der Waals surface area contributed by atoms with E-state index in [2.05, 4.69) is 93.1 Å². The van der Waals surface area contributed by atoms with Crippen molar-refractivity contribution in [3.63, 3.8) is 0 Å². The van der Waals surface area contributed by atoms with Gasteiger partial charge >= 0.3 is 0 Å². The quantitative estimate of drug-likeness (QED) is 0.166. The van der Waals surface area contributed by atoms with Crippen molar-refractivity contribution in [1.29, 1.82) is 5.26 Å². The third-order valence-electron chi connectivity index (χ3n) is 11.7. The lowest BCUT2D eigenvalue weighted by atomic mass is 9.44. The maximum atomic E-state index is 11.6. The standard InChI is InChI=1S/C39H63NO/c1-12-15-20-39(24-23-35(6,7)19-14-3)22-17-32(31(5)28-39)37(10)21-18-33(36(8,9)25-26-41)38(11,27-30(4)29-40)34(37)16-13-2/h13,16,25,27,31-33H,2,12,14-15,17-24,28H2,1,3-11H3/b30-27+,34-16+. The summed E-state index contributed by atoms with van der Waals surface area (Å²) in [5.74, 6) is 3.53. The first-order chi connectivity index (χ1) is 19.1. The highest BCUT2D eigenvalue weighted by Gasteiger charge is 2.56. The summed E-state index contributed by atoms with van der Waals surface area (Å²) < 4.78 is 0. The summed E-state index contributed by atoms with van der Waals surface area (Å²) in [5, 5.41) is 9.85. The second-order valence-corrected chi connectivity index (χ2v) is 16.0. The molecule has 2 nitrogen and oxygen atoms in total. The Bertz CT molecular complexity index is 1050. The minimum absolute atomic E-state index is 0.0183. The SMILES string of the molecule is C=C/C=C1/C(C)(/C=C(\C)C#N)C(C(C)(C)C=C=O)CCC1(C)C1CCC(CCCC)(CCC(C)(C)CCC)CC1C. The molecule has 0 saturated heterocycles. The van der Waals surface area contributed by atoms with Crippen molar-refractivity contribution < 1.29 is 4.79 Å². The van der Waals surface area contributed by atoms with Crippen molar-refractivity contribution in [2.75, 3.05) is 0 Å². The Morgan fingerprint density at radius 2 is 1.76 bits per heavy atom. The van der Waals surface area contributed by atoms with E-state index in [9.17, 15) is 10.1 Å². The Balaban J connectivity index is 2.54. The summed E-state index contributed by atoms with van der Waals surface area (Å²) in [6, 6.07) is 2.41. The van der Waals surface area contributed by atoms with Gasteiger partial charge in [-0.1, -0.05) is 112 Å². The summed E-state index contributed by atoms with van der Waals surface area (Å²) in [5.41, 5.74) is 2.37. The van der Waals surface area contributed by atoms with E-state index in [1.165, 1.54) is 69.8 Å². The summed E-state index contributed by atoms with van der Waals surface area (Å²) in [4.78, 5) is 11.6. The topological polar surface area (TPSA) is 40.9 Å². The number of nitriles is 1. The lowest BCUT2D eigenvalue weighted by Crippen LogP contribution is -2.51. The fourth-order valence-corrected chi connectivity index (χ4v) is 9.77. The van der Waals surface area contributed by atoms with Crippen molar-refractivity contribution >= 4 is 5.94 Å². The second kappa shape index (κ2) is 14.1. The fourth-order valence-electron chi connectivity index (χ4n) is 9.77. The van der Waals surface area contributed by atoms with Gasteiger partial charge < -0.3 is 0 Å².